The second-order valence-electron chi connectivity index (χ2n) is 7.67. The summed E-state index contributed by atoms with van der Waals surface area (Å²) in [5.41, 5.74) is 0.935. The molecule has 0 aromatic heterocycles. The van der Waals surface area contributed by atoms with Gasteiger partial charge in [-0.3, -0.25) is 0 Å². The molecule has 0 aliphatic heterocycles. The molecule has 1 aliphatic carbocycles. The number of rotatable bonds is 6. The molecule has 0 bridgehead atoms. The Labute approximate surface area is 120 Å². The summed E-state index contributed by atoms with van der Waals surface area (Å²) in [6.07, 6.45) is 7.06. The Hall–Kier alpha value is -0.0800. The van der Waals surface area contributed by atoms with Crippen LogP contribution in [0.3, 0.4) is 0 Å². The van der Waals surface area contributed by atoms with Crippen LogP contribution in [0.15, 0.2) is 0 Å². The highest BCUT2D eigenvalue weighted by Gasteiger charge is 2.39. The highest BCUT2D eigenvalue weighted by atomic mass is 16.5. The monoisotopic (exact) mass is 269 g/mol. The van der Waals surface area contributed by atoms with Crippen molar-refractivity contribution < 1.29 is 4.74 Å². The Morgan fingerprint density at radius 2 is 1.84 bits per heavy atom. The third-order valence-electron chi connectivity index (χ3n) is 5.14. The number of hydrogen-bond donors (Lipinski definition) is 1. The summed E-state index contributed by atoms with van der Waals surface area (Å²) in [5, 5.41) is 3.59. The van der Waals surface area contributed by atoms with E-state index in [1.807, 2.05) is 7.11 Å². The van der Waals surface area contributed by atoms with E-state index in [0.29, 0.717) is 16.9 Å². The first kappa shape index (κ1) is 17.0. The van der Waals surface area contributed by atoms with Gasteiger partial charge in [0.1, 0.15) is 0 Å². The lowest BCUT2D eigenvalue weighted by Gasteiger charge is -2.45. The van der Waals surface area contributed by atoms with Crippen molar-refractivity contribution in [3.63, 3.8) is 0 Å². The van der Waals surface area contributed by atoms with Gasteiger partial charge in [-0.15, -0.1) is 0 Å². The maximum atomic E-state index is 5.52. The predicted molar refractivity (Wildman–Crippen MR) is 83.5 cm³/mol. The standard InChI is InChI=1S/C17H35NO/c1-7-18-13-17(12-14(2)19-6)10-8-15(9-11-17)16(3,4)5/h14-15,18H,7-13H2,1-6H3. The van der Waals surface area contributed by atoms with E-state index in [2.05, 4.69) is 39.9 Å². The van der Waals surface area contributed by atoms with E-state index in [-0.39, 0.29) is 0 Å². The van der Waals surface area contributed by atoms with Crippen molar-refractivity contribution >= 4 is 0 Å². The van der Waals surface area contributed by atoms with Gasteiger partial charge in [-0.25, -0.2) is 0 Å². The number of hydrogen-bond acceptors (Lipinski definition) is 2. The normalized spacial score (nSPS) is 30.3. The zero-order chi connectivity index (χ0) is 14.5. The third-order valence-corrected chi connectivity index (χ3v) is 5.14. The molecule has 2 nitrogen and oxygen atoms in total. The van der Waals surface area contributed by atoms with Gasteiger partial charge in [-0.1, -0.05) is 27.7 Å². The average molecular weight is 269 g/mol. The summed E-state index contributed by atoms with van der Waals surface area (Å²) >= 11 is 0. The van der Waals surface area contributed by atoms with E-state index in [1.165, 1.54) is 32.1 Å². The molecule has 0 heterocycles. The minimum Gasteiger partial charge on any atom is -0.382 e. The molecular formula is C17H35NO. The summed E-state index contributed by atoms with van der Waals surface area (Å²) in [6, 6.07) is 0. The molecule has 19 heavy (non-hydrogen) atoms. The van der Waals surface area contributed by atoms with Crippen LogP contribution in [-0.2, 0) is 4.74 Å². The van der Waals surface area contributed by atoms with Gasteiger partial charge in [-0.2, -0.15) is 0 Å². The zero-order valence-electron chi connectivity index (χ0n) is 14.0. The van der Waals surface area contributed by atoms with Crippen LogP contribution in [0, 0.1) is 16.7 Å². The molecular weight excluding hydrogens is 234 g/mol. The molecule has 0 saturated heterocycles. The molecule has 114 valence electrons. The van der Waals surface area contributed by atoms with Crippen LogP contribution in [0.2, 0.25) is 0 Å². The predicted octanol–water partition coefficient (Wildman–Crippen LogP) is 4.24. The SMILES string of the molecule is CCNCC1(CC(C)OC)CCC(C(C)(C)C)CC1. The summed E-state index contributed by atoms with van der Waals surface area (Å²) in [7, 11) is 1.84. The molecule has 1 rings (SSSR count). The Morgan fingerprint density at radius 3 is 2.26 bits per heavy atom. The molecule has 0 radical (unpaired) electrons. The first-order valence-corrected chi connectivity index (χ1v) is 8.06. The van der Waals surface area contributed by atoms with Crippen LogP contribution in [0.5, 0.6) is 0 Å². The van der Waals surface area contributed by atoms with E-state index >= 15 is 0 Å². The largest absolute Gasteiger partial charge is 0.382 e. The van der Waals surface area contributed by atoms with E-state index < -0.39 is 0 Å². The van der Waals surface area contributed by atoms with Gasteiger partial charge in [0.2, 0.25) is 0 Å². The summed E-state index contributed by atoms with van der Waals surface area (Å²) in [4.78, 5) is 0. The Kier molecular flexibility index (Phi) is 6.32. The molecule has 0 spiro atoms. The van der Waals surface area contributed by atoms with Crippen LogP contribution in [0.4, 0.5) is 0 Å². The lowest BCUT2D eigenvalue weighted by Crippen LogP contribution is -2.41. The summed E-state index contributed by atoms with van der Waals surface area (Å²) < 4.78 is 5.52. The molecule has 0 aromatic rings. The maximum absolute atomic E-state index is 5.52. The van der Waals surface area contributed by atoms with Crippen molar-refractivity contribution in [1.29, 1.82) is 0 Å². The second kappa shape index (κ2) is 7.08. The number of nitrogens with one attached hydrogen (secondary N) is 1. The van der Waals surface area contributed by atoms with E-state index in [4.69, 9.17) is 4.74 Å². The van der Waals surface area contributed by atoms with Crippen LogP contribution < -0.4 is 5.32 Å². The molecule has 1 fully saturated rings. The van der Waals surface area contributed by atoms with Crippen molar-refractivity contribution in [3.8, 4) is 0 Å². The molecule has 1 aliphatic rings. The molecule has 1 atom stereocenters. The van der Waals surface area contributed by atoms with E-state index in [9.17, 15) is 0 Å². The Bertz CT molecular complexity index is 248. The maximum Gasteiger partial charge on any atom is 0.0549 e. The lowest BCUT2D eigenvalue weighted by atomic mass is 9.62. The molecule has 1 unspecified atom stereocenters. The molecule has 0 aromatic carbocycles. The Morgan fingerprint density at radius 1 is 1.26 bits per heavy atom. The van der Waals surface area contributed by atoms with Gasteiger partial charge in [0.05, 0.1) is 6.10 Å². The van der Waals surface area contributed by atoms with Gasteiger partial charge >= 0.3 is 0 Å². The van der Waals surface area contributed by atoms with Crippen molar-refractivity contribution in [2.75, 3.05) is 20.2 Å². The van der Waals surface area contributed by atoms with Crippen LogP contribution in [0.1, 0.15) is 66.7 Å². The third kappa shape index (κ3) is 5.07. The molecule has 1 saturated carbocycles. The number of methoxy groups -OCH3 is 1. The second-order valence-corrected chi connectivity index (χ2v) is 7.67. The topological polar surface area (TPSA) is 21.3 Å². The van der Waals surface area contributed by atoms with Gasteiger partial charge < -0.3 is 10.1 Å². The van der Waals surface area contributed by atoms with Crippen molar-refractivity contribution in [3.05, 3.63) is 0 Å². The van der Waals surface area contributed by atoms with Crippen molar-refractivity contribution in [2.24, 2.45) is 16.7 Å². The lowest BCUT2D eigenvalue weighted by molar-refractivity contribution is 0.0217. The van der Waals surface area contributed by atoms with Gasteiger partial charge in [0.15, 0.2) is 0 Å². The molecule has 0 amide bonds. The fraction of sp³-hybridized carbons (Fsp3) is 1.00. The number of ether oxygens (including phenoxy) is 1. The summed E-state index contributed by atoms with van der Waals surface area (Å²) in [5.74, 6) is 0.889. The molecule has 1 N–H and O–H groups in total. The van der Waals surface area contributed by atoms with Crippen LogP contribution in [0.25, 0.3) is 0 Å². The quantitative estimate of drug-likeness (QED) is 0.778. The van der Waals surface area contributed by atoms with Gasteiger partial charge in [0.25, 0.3) is 0 Å². The first-order chi connectivity index (χ1) is 8.83. The van der Waals surface area contributed by atoms with E-state index in [0.717, 1.165) is 19.0 Å². The Balaban J connectivity index is 2.63. The van der Waals surface area contributed by atoms with Gasteiger partial charge in [-0.05, 0) is 62.3 Å². The smallest absolute Gasteiger partial charge is 0.0549 e. The molecule has 2 heteroatoms. The average Bonchev–Trinajstić information content (AvgIpc) is 2.36. The van der Waals surface area contributed by atoms with Crippen LogP contribution in [-0.4, -0.2) is 26.3 Å². The fourth-order valence-electron chi connectivity index (χ4n) is 3.63. The van der Waals surface area contributed by atoms with Crippen molar-refractivity contribution in [2.45, 2.75) is 72.8 Å². The first-order valence-electron chi connectivity index (χ1n) is 8.06. The highest BCUT2D eigenvalue weighted by molar-refractivity contribution is 4.91. The van der Waals surface area contributed by atoms with E-state index in [1.54, 1.807) is 0 Å². The summed E-state index contributed by atoms with van der Waals surface area (Å²) in [6.45, 7) is 13.8. The minimum atomic E-state index is 0.379. The fourth-order valence-corrected chi connectivity index (χ4v) is 3.63. The zero-order valence-corrected chi connectivity index (χ0v) is 14.0. The van der Waals surface area contributed by atoms with Crippen LogP contribution >= 0.6 is 0 Å². The van der Waals surface area contributed by atoms with Gasteiger partial charge in [0, 0.05) is 13.7 Å². The minimum absolute atomic E-state index is 0.379. The van der Waals surface area contributed by atoms with Crippen molar-refractivity contribution in [1.82, 2.24) is 5.32 Å². The highest BCUT2D eigenvalue weighted by Crippen LogP contribution is 2.47.